The summed E-state index contributed by atoms with van der Waals surface area (Å²) < 4.78 is 0. The minimum atomic E-state index is -0.435. The molecule has 0 heterocycles. The standard InChI is InChI=1S/C10H11N2O2/c1-8(11(2)3)9-4-6-10(7-5-9)12(13)14/h1,4-7H,2-3H3. The summed E-state index contributed by atoms with van der Waals surface area (Å²) >= 11 is 0. The molecule has 0 aliphatic carbocycles. The maximum absolute atomic E-state index is 10.4. The van der Waals surface area contributed by atoms with E-state index in [-0.39, 0.29) is 5.69 Å². The fraction of sp³-hybridized carbons (Fsp3) is 0.200. The number of rotatable bonds is 3. The van der Waals surface area contributed by atoms with E-state index in [1.165, 1.54) is 12.1 Å². The van der Waals surface area contributed by atoms with Crippen LogP contribution in [0.25, 0.3) is 5.70 Å². The second kappa shape index (κ2) is 3.91. The topological polar surface area (TPSA) is 46.4 Å². The predicted octanol–water partition coefficient (Wildman–Crippen LogP) is 1.93. The van der Waals surface area contributed by atoms with E-state index in [1.54, 1.807) is 17.0 Å². The Bertz CT molecular complexity index is 355. The third kappa shape index (κ3) is 2.10. The number of benzene rings is 1. The highest BCUT2D eigenvalue weighted by molar-refractivity contribution is 5.61. The minimum absolute atomic E-state index is 0.0697. The smallest absolute Gasteiger partial charge is 0.269 e. The van der Waals surface area contributed by atoms with E-state index in [9.17, 15) is 10.1 Å². The van der Waals surface area contributed by atoms with Gasteiger partial charge in [-0.05, 0) is 24.3 Å². The van der Waals surface area contributed by atoms with Crippen LogP contribution < -0.4 is 0 Å². The number of hydrogen-bond donors (Lipinski definition) is 0. The molecule has 0 aliphatic heterocycles. The third-order valence-electron chi connectivity index (χ3n) is 1.86. The molecule has 1 radical (unpaired) electrons. The van der Waals surface area contributed by atoms with Gasteiger partial charge in [0.15, 0.2) is 0 Å². The molecule has 4 heteroatoms. The zero-order valence-corrected chi connectivity index (χ0v) is 8.10. The van der Waals surface area contributed by atoms with Crippen molar-refractivity contribution in [2.75, 3.05) is 14.1 Å². The van der Waals surface area contributed by atoms with Crippen LogP contribution in [0.5, 0.6) is 0 Å². The molecule has 1 rings (SSSR count). The molecule has 73 valence electrons. The molecule has 1 aromatic rings. The lowest BCUT2D eigenvalue weighted by Crippen LogP contribution is -2.08. The number of non-ortho nitro benzene ring substituents is 1. The van der Waals surface area contributed by atoms with E-state index in [0.717, 1.165) is 5.56 Å². The first kappa shape index (κ1) is 10.2. The molecule has 1 aromatic carbocycles. The van der Waals surface area contributed by atoms with Crippen LogP contribution in [0.2, 0.25) is 0 Å². The molecular weight excluding hydrogens is 180 g/mol. The van der Waals surface area contributed by atoms with Crippen LogP contribution in [-0.2, 0) is 0 Å². The van der Waals surface area contributed by atoms with Crippen molar-refractivity contribution in [1.29, 1.82) is 0 Å². The molecule has 0 amide bonds. The SMILES string of the molecule is [CH]=C(c1ccc([N+](=O)[O-])cc1)N(C)C. The second-order valence-electron chi connectivity index (χ2n) is 3.08. The number of nitro groups is 1. The van der Waals surface area contributed by atoms with Gasteiger partial charge < -0.3 is 4.90 Å². The van der Waals surface area contributed by atoms with Crippen LogP contribution in [0, 0.1) is 16.7 Å². The summed E-state index contributed by atoms with van der Waals surface area (Å²) in [7, 11) is 3.63. The fourth-order valence-electron chi connectivity index (χ4n) is 1.01. The molecule has 4 nitrogen and oxygen atoms in total. The molecule has 0 unspecified atom stereocenters. The molecule has 0 atom stereocenters. The summed E-state index contributed by atoms with van der Waals surface area (Å²) in [6, 6.07) is 6.14. The molecule has 0 aromatic heterocycles. The third-order valence-corrected chi connectivity index (χ3v) is 1.86. The normalized spacial score (nSPS) is 9.57. The van der Waals surface area contributed by atoms with E-state index in [2.05, 4.69) is 0 Å². The van der Waals surface area contributed by atoms with Gasteiger partial charge in [-0.25, -0.2) is 0 Å². The number of nitro benzene ring substituents is 1. The molecule has 0 bridgehead atoms. The molecule has 0 aliphatic rings. The highest BCUT2D eigenvalue weighted by Gasteiger charge is 2.06. The van der Waals surface area contributed by atoms with E-state index < -0.39 is 4.92 Å². The zero-order valence-electron chi connectivity index (χ0n) is 8.10. The summed E-state index contributed by atoms with van der Waals surface area (Å²) in [5.74, 6) is 0. The minimum Gasteiger partial charge on any atom is -0.377 e. The van der Waals surface area contributed by atoms with Crippen LogP contribution in [0.1, 0.15) is 5.56 Å². The highest BCUT2D eigenvalue weighted by Crippen LogP contribution is 2.18. The van der Waals surface area contributed by atoms with Gasteiger partial charge >= 0.3 is 0 Å². The van der Waals surface area contributed by atoms with Crippen LogP contribution >= 0.6 is 0 Å². The van der Waals surface area contributed by atoms with Gasteiger partial charge in [0.05, 0.1) is 4.92 Å². The average Bonchev–Trinajstić information content (AvgIpc) is 2.16. The maximum atomic E-state index is 10.4. The van der Waals surface area contributed by atoms with Gasteiger partial charge in [-0.1, -0.05) is 0 Å². The number of hydrogen-bond acceptors (Lipinski definition) is 3. The molecular formula is C10H11N2O2. The Kier molecular flexibility index (Phi) is 2.86. The van der Waals surface area contributed by atoms with Crippen LogP contribution in [-0.4, -0.2) is 23.9 Å². The van der Waals surface area contributed by atoms with Crippen molar-refractivity contribution in [3.8, 4) is 0 Å². The monoisotopic (exact) mass is 191 g/mol. The lowest BCUT2D eigenvalue weighted by atomic mass is 10.1. The Morgan fingerprint density at radius 1 is 1.36 bits per heavy atom. The zero-order chi connectivity index (χ0) is 10.7. The van der Waals surface area contributed by atoms with Gasteiger partial charge in [0.2, 0.25) is 0 Å². The lowest BCUT2D eigenvalue weighted by Gasteiger charge is -2.14. The second-order valence-corrected chi connectivity index (χ2v) is 3.08. The molecule has 14 heavy (non-hydrogen) atoms. The van der Waals surface area contributed by atoms with Gasteiger partial charge in [0.1, 0.15) is 0 Å². The van der Waals surface area contributed by atoms with Crippen molar-refractivity contribution in [2.24, 2.45) is 0 Å². The van der Waals surface area contributed by atoms with Gasteiger partial charge in [-0.2, -0.15) is 0 Å². The number of nitrogens with zero attached hydrogens (tertiary/aromatic N) is 2. The Hall–Kier alpha value is -1.84. The summed E-state index contributed by atoms with van der Waals surface area (Å²) in [5, 5.41) is 10.4. The van der Waals surface area contributed by atoms with E-state index in [0.29, 0.717) is 5.70 Å². The van der Waals surface area contributed by atoms with Crippen LogP contribution in [0.15, 0.2) is 24.3 Å². The van der Waals surface area contributed by atoms with Gasteiger partial charge in [-0.15, -0.1) is 0 Å². The first-order valence-electron chi connectivity index (χ1n) is 4.07. The Morgan fingerprint density at radius 3 is 2.21 bits per heavy atom. The van der Waals surface area contributed by atoms with Gasteiger partial charge in [0.25, 0.3) is 5.69 Å². The van der Waals surface area contributed by atoms with Crippen molar-refractivity contribution in [1.82, 2.24) is 4.90 Å². The molecule has 0 fully saturated rings. The van der Waals surface area contributed by atoms with E-state index >= 15 is 0 Å². The van der Waals surface area contributed by atoms with Crippen molar-refractivity contribution in [3.63, 3.8) is 0 Å². The summed E-state index contributed by atoms with van der Waals surface area (Å²) in [6.07, 6.45) is 0. The summed E-state index contributed by atoms with van der Waals surface area (Å²) in [5.41, 5.74) is 1.43. The first-order chi connectivity index (χ1) is 6.52. The van der Waals surface area contributed by atoms with Crippen molar-refractivity contribution >= 4 is 11.4 Å². The Morgan fingerprint density at radius 2 is 1.86 bits per heavy atom. The molecule has 0 spiro atoms. The molecule has 0 saturated heterocycles. The largest absolute Gasteiger partial charge is 0.377 e. The Labute approximate surface area is 82.6 Å². The summed E-state index contributed by atoms with van der Waals surface area (Å²) in [4.78, 5) is 11.7. The predicted molar refractivity (Wildman–Crippen MR) is 54.5 cm³/mol. The lowest BCUT2D eigenvalue weighted by molar-refractivity contribution is -0.384. The average molecular weight is 191 g/mol. The first-order valence-corrected chi connectivity index (χ1v) is 4.07. The fourth-order valence-corrected chi connectivity index (χ4v) is 1.01. The van der Waals surface area contributed by atoms with E-state index in [1.807, 2.05) is 14.1 Å². The quantitative estimate of drug-likeness (QED) is 0.541. The van der Waals surface area contributed by atoms with Crippen molar-refractivity contribution in [2.45, 2.75) is 0 Å². The maximum Gasteiger partial charge on any atom is 0.269 e. The Balaban J connectivity index is 2.94. The van der Waals surface area contributed by atoms with Crippen molar-refractivity contribution in [3.05, 3.63) is 46.5 Å². The van der Waals surface area contributed by atoms with Crippen molar-refractivity contribution < 1.29 is 4.92 Å². The highest BCUT2D eigenvalue weighted by atomic mass is 16.6. The van der Waals surface area contributed by atoms with Gasteiger partial charge in [-0.3, -0.25) is 10.1 Å². The van der Waals surface area contributed by atoms with Gasteiger partial charge in [0, 0.05) is 31.9 Å². The van der Waals surface area contributed by atoms with Crippen LogP contribution in [0.3, 0.4) is 0 Å². The van der Waals surface area contributed by atoms with Crippen LogP contribution in [0.4, 0.5) is 5.69 Å². The molecule has 0 N–H and O–H groups in total. The van der Waals surface area contributed by atoms with E-state index in [4.69, 9.17) is 6.58 Å². The molecule has 0 saturated carbocycles. The summed E-state index contributed by atoms with van der Waals surface area (Å²) in [6.45, 7) is 5.74.